The molecule has 0 atom stereocenters. The molecular formula is C24H33FN4O. The van der Waals surface area contributed by atoms with Crippen LogP contribution < -0.4 is 5.32 Å². The average molecular weight is 413 g/mol. The van der Waals surface area contributed by atoms with Gasteiger partial charge in [-0.2, -0.15) is 0 Å². The molecule has 0 radical (unpaired) electrons. The van der Waals surface area contributed by atoms with E-state index in [1.165, 1.54) is 23.3 Å². The summed E-state index contributed by atoms with van der Waals surface area (Å²) in [7, 11) is 3.99. The van der Waals surface area contributed by atoms with E-state index < -0.39 is 0 Å². The first-order valence-corrected chi connectivity index (χ1v) is 10.7. The van der Waals surface area contributed by atoms with E-state index in [4.69, 9.17) is 0 Å². The Bertz CT molecular complexity index is 838. The van der Waals surface area contributed by atoms with Gasteiger partial charge in [-0.15, -0.1) is 0 Å². The van der Waals surface area contributed by atoms with Crippen molar-refractivity contribution in [2.45, 2.75) is 26.4 Å². The molecule has 0 aliphatic carbocycles. The molecule has 30 heavy (non-hydrogen) atoms. The largest absolute Gasteiger partial charge is 0.376 e. The highest BCUT2D eigenvalue weighted by Gasteiger charge is 2.19. The summed E-state index contributed by atoms with van der Waals surface area (Å²) < 4.78 is 13.2. The molecular weight excluding hydrogens is 379 g/mol. The van der Waals surface area contributed by atoms with Crippen molar-refractivity contribution in [3.8, 4) is 0 Å². The topological polar surface area (TPSA) is 38.8 Å². The van der Waals surface area contributed by atoms with E-state index in [2.05, 4.69) is 40.2 Å². The summed E-state index contributed by atoms with van der Waals surface area (Å²) >= 11 is 0. The predicted molar refractivity (Wildman–Crippen MR) is 120 cm³/mol. The van der Waals surface area contributed by atoms with Crippen LogP contribution in [-0.2, 0) is 24.3 Å². The quantitative estimate of drug-likeness (QED) is 0.687. The molecule has 3 rings (SSSR count). The van der Waals surface area contributed by atoms with E-state index in [1.807, 2.05) is 19.0 Å². The average Bonchev–Trinajstić information content (AvgIpc) is 2.75. The minimum atomic E-state index is -0.262. The maximum atomic E-state index is 13.2. The highest BCUT2D eigenvalue weighted by Crippen LogP contribution is 2.26. The maximum absolute atomic E-state index is 13.2. The number of benzene rings is 2. The first-order valence-electron chi connectivity index (χ1n) is 10.7. The third-order valence-electron chi connectivity index (χ3n) is 5.69. The second-order valence-electron chi connectivity index (χ2n) is 8.16. The number of anilines is 1. The molecule has 162 valence electrons. The van der Waals surface area contributed by atoms with Gasteiger partial charge in [0.2, 0.25) is 5.91 Å². The normalized spacial score (nSPS) is 13.9. The number of likely N-dealkylation sites (N-methyl/N-ethyl adjacent to an activating group) is 2. The summed E-state index contributed by atoms with van der Waals surface area (Å²) in [5.41, 5.74) is 4.65. The monoisotopic (exact) mass is 412 g/mol. The summed E-state index contributed by atoms with van der Waals surface area (Å²) in [6, 6.07) is 12.7. The number of hydrogen-bond donors (Lipinski definition) is 1. The molecule has 2 aromatic carbocycles. The Morgan fingerprint density at radius 1 is 1.13 bits per heavy atom. The lowest BCUT2D eigenvalue weighted by Crippen LogP contribution is -2.39. The van der Waals surface area contributed by atoms with Gasteiger partial charge in [-0.3, -0.25) is 9.69 Å². The van der Waals surface area contributed by atoms with Gasteiger partial charge in [0.05, 0.1) is 6.54 Å². The van der Waals surface area contributed by atoms with Crippen LogP contribution in [0.15, 0.2) is 42.5 Å². The van der Waals surface area contributed by atoms with Gasteiger partial charge in [-0.25, -0.2) is 4.39 Å². The van der Waals surface area contributed by atoms with Gasteiger partial charge in [0.1, 0.15) is 5.82 Å². The Morgan fingerprint density at radius 3 is 2.60 bits per heavy atom. The zero-order valence-corrected chi connectivity index (χ0v) is 18.3. The van der Waals surface area contributed by atoms with E-state index >= 15 is 0 Å². The third-order valence-corrected chi connectivity index (χ3v) is 5.69. The molecule has 2 aromatic rings. The Hall–Kier alpha value is -2.44. The van der Waals surface area contributed by atoms with Gasteiger partial charge in [0.15, 0.2) is 0 Å². The van der Waals surface area contributed by atoms with Gasteiger partial charge in [-0.05, 0) is 62.0 Å². The lowest BCUT2D eigenvalue weighted by Gasteiger charge is -2.30. The van der Waals surface area contributed by atoms with Gasteiger partial charge in [-0.1, -0.05) is 31.2 Å². The fourth-order valence-electron chi connectivity index (χ4n) is 3.78. The lowest BCUT2D eigenvalue weighted by atomic mass is 9.98. The fraction of sp³-hybridized carbons (Fsp3) is 0.458. The molecule has 1 heterocycles. The highest BCUT2D eigenvalue weighted by atomic mass is 19.1. The highest BCUT2D eigenvalue weighted by molar-refractivity contribution is 5.81. The molecule has 0 bridgehead atoms. The number of fused-ring (bicyclic) bond motifs is 1. The summed E-state index contributed by atoms with van der Waals surface area (Å²) in [5, 5.41) is 3.39. The maximum Gasteiger partial charge on any atom is 0.242 e. The number of halogens is 1. The molecule has 0 spiro atoms. The molecule has 0 saturated heterocycles. The van der Waals surface area contributed by atoms with Crippen molar-refractivity contribution in [2.75, 3.05) is 52.1 Å². The first kappa shape index (κ1) is 22.2. The van der Waals surface area contributed by atoms with Crippen LogP contribution in [0.25, 0.3) is 0 Å². The molecule has 5 nitrogen and oxygen atoms in total. The summed E-state index contributed by atoms with van der Waals surface area (Å²) in [5.74, 6) is -0.219. The smallest absolute Gasteiger partial charge is 0.242 e. The number of carbonyl (C=O) groups excluding carboxylic acids is 1. The van der Waals surface area contributed by atoms with Crippen LogP contribution in [0.2, 0.25) is 0 Å². The van der Waals surface area contributed by atoms with E-state index in [-0.39, 0.29) is 18.3 Å². The summed E-state index contributed by atoms with van der Waals surface area (Å²) in [4.78, 5) is 19.4. The molecule has 0 aromatic heterocycles. The number of amides is 1. The second kappa shape index (κ2) is 10.5. The molecule has 1 amide bonds. The van der Waals surface area contributed by atoms with Crippen LogP contribution >= 0.6 is 0 Å². The predicted octanol–water partition coefficient (Wildman–Crippen LogP) is 3.21. The van der Waals surface area contributed by atoms with Crippen LogP contribution in [0.3, 0.4) is 0 Å². The van der Waals surface area contributed by atoms with Crippen molar-refractivity contribution in [3.05, 3.63) is 65.0 Å². The standard InChI is InChI=1S/C24H33FN4O/c1-4-28-13-12-20-6-5-7-23(22(20)18-28)26-16-24(30)29(15-14-27(2)3)17-19-8-10-21(25)11-9-19/h5-11,26H,4,12-18H2,1-3H3. The number of nitrogens with one attached hydrogen (secondary N) is 1. The van der Waals surface area contributed by atoms with Crippen LogP contribution in [-0.4, -0.2) is 67.4 Å². The minimum Gasteiger partial charge on any atom is -0.376 e. The van der Waals surface area contributed by atoms with Crippen LogP contribution in [0.4, 0.5) is 10.1 Å². The van der Waals surface area contributed by atoms with Crippen molar-refractivity contribution in [1.29, 1.82) is 0 Å². The number of nitrogens with zero attached hydrogens (tertiary/aromatic N) is 3. The van der Waals surface area contributed by atoms with Crippen LogP contribution in [0, 0.1) is 5.82 Å². The van der Waals surface area contributed by atoms with Crippen molar-refractivity contribution in [2.24, 2.45) is 0 Å². The van der Waals surface area contributed by atoms with Gasteiger partial charge in [0, 0.05) is 38.4 Å². The molecule has 1 N–H and O–H groups in total. The van der Waals surface area contributed by atoms with Crippen molar-refractivity contribution >= 4 is 11.6 Å². The van der Waals surface area contributed by atoms with Gasteiger partial charge < -0.3 is 15.1 Å². The lowest BCUT2D eigenvalue weighted by molar-refractivity contribution is -0.130. The Morgan fingerprint density at radius 2 is 1.90 bits per heavy atom. The van der Waals surface area contributed by atoms with Crippen LogP contribution in [0.5, 0.6) is 0 Å². The Labute approximate surface area is 179 Å². The van der Waals surface area contributed by atoms with E-state index in [0.29, 0.717) is 13.1 Å². The van der Waals surface area contributed by atoms with Crippen molar-refractivity contribution < 1.29 is 9.18 Å². The zero-order chi connectivity index (χ0) is 21.5. The van der Waals surface area contributed by atoms with Crippen LogP contribution in [0.1, 0.15) is 23.6 Å². The number of hydrogen-bond acceptors (Lipinski definition) is 4. The van der Waals surface area contributed by atoms with Crippen molar-refractivity contribution in [3.63, 3.8) is 0 Å². The summed E-state index contributed by atoms with van der Waals surface area (Å²) in [6.45, 7) is 7.35. The number of rotatable bonds is 9. The van der Waals surface area contributed by atoms with Gasteiger partial charge >= 0.3 is 0 Å². The Kier molecular flexibility index (Phi) is 7.82. The molecule has 1 aliphatic heterocycles. The SMILES string of the molecule is CCN1CCc2cccc(NCC(=O)N(CCN(C)C)Cc3ccc(F)cc3)c2C1. The van der Waals surface area contributed by atoms with E-state index in [1.54, 1.807) is 12.1 Å². The second-order valence-corrected chi connectivity index (χ2v) is 8.16. The molecule has 0 saturated carbocycles. The van der Waals surface area contributed by atoms with E-state index in [9.17, 15) is 9.18 Å². The minimum absolute atomic E-state index is 0.0435. The molecule has 1 aliphatic rings. The van der Waals surface area contributed by atoms with E-state index in [0.717, 1.165) is 43.9 Å². The zero-order valence-electron chi connectivity index (χ0n) is 18.3. The first-order chi connectivity index (χ1) is 14.5. The fourth-order valence-corrected chi connectivity index (χ4v) is 3.78. The molecule has 0 fully saturated rings. The molecule has 0 unspecified atom stereocenters. The summed E-state index contributed by atoms with van der Waals surface area (Å²) in [6.07, 6.45) is 1.05. The Balaban J connectivity index is 1.67. The molecule has 6 heteroatoms. The van der Waals surface area contributed by atoms with Gasteiger partial charge in [0.25, 0.3) is 0 Å². The third kappa shape index (κ3) is 6.03. The van der Waals surface area contributed by atoms with Crippen molar-refractivity contribution in [1.82, 2.24) is 14.7 Å². The number of carbonyl (C=O) groups is 1.